The maximum Gasteiger partial charge on any atom is 0.317 e. The van der Waals surface area contributed by atoms with Crippen molar-refractivity contribution in [3.8, 4) is 0 Å². The van der Waals surface area contributed by atoms with Crippen molar-refractivity contribution in [3.05, 3.63) is 24.3 Å². The number of benzene rings is 1. The van der Waals surface area contributed by atoms with Crippen LogP contribution in [0.5, 0.6) is 0 Å². The molecular formula is C19H28N4O. The van der Waals surface area contributed by atoms with Gasteiger partial charge in [-0.3, -0.25) is 0 Å². The highest BCUT2D eigenvalue weighted by atomic mass is 16.2. The van der Waals surface area contributed by atoms with Gasteiger partial charge in [0, 0.05) is 56.7 Å². The summed E-state index contributed by atoms with van der Waals surface area (Å²) in [5.74, 6) is 0. The number of hydrogen-bond acceptors (Lipinski definition) is 3. The Morgan fingerprint density at radius 2 is 1.33 bits per heavy atom. The van der Waals surface area contributed by atoms with Gasteiger partial charge in [-0.25, -0.2) is 4.79 Å². The molecule has 2 heterocycles. The number of nitrogens with one attached hydrogen (secondary N) is 1. The van der Waals surface area contributed by atoms with Gasteiger partial charge in [0.05, 0.1) is 0 Å². The van der Waals surface area contributed by atoms with E-state index in [-0.39, 0.29) is 6.03 Å². The van der Waals surface area contributed by atoms with E-state index >= 15 is 0 Å². The van der Waals surface area contributed by atoms with E-state index in [9.17, 15) is 4.79 Å². The van der Waals surface area contributed by atoms with Crippen LogP contribution in [0.25, 0.3) is 0 Å². The molecule has 24 heavy (non-hydrogen) atoms. The Kier molecular flexibility index (Phi) is 4.50. The van der Waals surface area contributed by atoms with Crippen molar-refractivity contribution in [3.63, 3.8) is 0 Å². The SMILES string of the molecule is O=C(NC1CC1)N1CCN(c2ccc(N3CCCCC3)cc2)CC1. The molecule has 1 N–H and O–H groups in total. The van der Waals surface area contributed by atoms with Gasteiger partial charge in [-0.15, -0.1) is 0 Å². The number of carbonyl (C=O) groups excluding carboxylic acids is 1. The lowest BCUT2D eigenvalue weighted by Crippen LogP contribution is -2.52. The molecule has 0 unspecified atom stereocenters. The van der Waals surface area contributed by atoms with Gasteiger partial charge in [0.1, 0.15) is 0 Å². The smallest absolute Gasteiger partial charge is 0.317 e. The van der Waals surface area contributed by atoms with Gasteiger partial charge in [0.2, 0.25) is 0 Å². The molecule has 130 valence electrons. The molecular weight excluding hydrogens is 300 g/mol. The molecule has 1 saturated carbocycles. The van der Waals surface area contributed by atoms with Crippen LogP contribution in [0.3, 0.4) is 0 Å². The Balaban J connectivity index is 1.31. The summed E-state index contributed by atoms with van der Waals surface area (Å²) in [5, 5.41) is 3.08. The first-order valence-electron chi connectivity index (χ1n) is 9.45. The lowest BCUT2D eigenvalue weighted by Gasteiger charge is -2.36. The molecule has 0 atom stereocenters. The first-order chi connectivity index (χ1) is 11.8. The Hall–Kier alpha value is -1.91. The van der Waals surface area contributed by atoms with Crippen LogP contribution in [0.1, 0.15) is 32.1 Å². The van der Waals surface area contributed by atoms with E-state index in [0.29, 0.717) is 6.04 Å². The van der Waals surface area contributed by atoms with E-state index in [0.717, 1.165) is 39.0 Å². The number of piperidine rings is 1. The fourth-order valence-electron chi connectivity index (χ4n) is 3.69. The Morgan fingerprint density at radius 1 is 0.792 bits per heavy atom. The Bertz CT molecular complexity index is 555. The van der Waals surface area contributed by atoms with Crippen LogP contribution in [0.2, 0.25) is 0 Å². The normalized spacial score (nSPS) is 21.8. The van der Waals surface area contributed by atoms with Crippen molar-refractivity contribution < 1.29 is 4.79 Å². The second kappa shape index (κ2) is 6.91. The molecule has 1 aromatic rings. The third-order valence-corrected chi connectivity index (χ3v) is 5.41. The molecule has 2 amide bonds. The average Bonchev–Trinajstić information content (AvgIpc) is 3.47. The van der Waals surface area contributed by atoms with E-state index in [1.807, 2.05) is 4.90 Å². The highest BCUT2D eigenvalue weighted by molar-refractivity contribution is 5.75. The largest absolute Gasteiger partial charge is 0.372 e. The van der Waals surface area contributed by atoms with Gasteiger partial charge >= 0.3 is 6.03 Å². The molecule has 5 heteroatoms. The molecule has 5 nitrogen and oxygen atoms in total. The molecule has 3 aliphatic rings. The summed E-state index contributed by atoms with van der Waals surface area (Å²) in [6.07, 6.45) is 6.29. The van der Waals surface area contributed by atoms with Crippen molar-refractivity contribution in [2.45, 2.75) is 38.1 Å². The van der Waals surface area contributed by atoms with Crippen LogP contribution in [0.15, 0.2) is 24.3 Å². The standard InChI is InChI=1S/C19H28N4O/c24-19(20-16-4-5-16)23-14-12-22(13-15-23)18-8-6-17(7-9-18)21-10-2-1-3-11-21/h6-9,16H,1-5,10-15H2,(H,20,24). The van der Waals surface area contributed by atoms with Gasteiger partial charge in [0.25, 0.3) is 0 Å². The topological polar surface area (TPSA) is 38.8 Å². The molecule has 2 saturated heterocycles. The molecule has 4 rings (SSSR count). The molecule has 0 aromatic heterocycles. The van der Waals surface area contributed by atoms with Crippen molar-refractivity contribution in [2.75, 3.05) is 49.1 Å². The zero-order chi connectivity index (χ0) is 16.4. The van der Waals surface area contributed by atoms with Crippen LogP contribution in [-0.2, 0) is 0 Å². The van der Waals surface area contributed by atoms with E-state index in [4.69, 9.17) is 0 Å². The molecule has 1 aliphatic carbocycles. The monoisotopic (exact) mass is 328 g/mol. The maximum atomic E-state index is 12.1. The summed E-state index contributed by atoms with van der Waals surface area (Å²) in [7, 11) is 0. The van der Waals surface area contributed by atoms with Gasteiger partial charge in [-0.2, -0.15) is 0 Å². The van der Waals surface area contributed by atoms with Crippen molar-refractivity contribution >= 4 is 17.4 Å². The van der Waals surface area contributed by atoms with E-state index in [1.54, 1.807) is 0 Å². The number of piperazine rings is 1. The zero-order valence-corrected chi connectivity index (χ0v) is 14.4. The van der Waals surface area contributed by atoms with E-state index in [2.05, 4.69) is 39.4 Å². The number of nitrogens with zero attached hydrogens (tertiary/aromatic N) is 3. The van der Waals surface area contributed by atoms with Crippen molar-refractivity contribution in [1.82, 2.24) is 10.2 Å². The predicted octanol–water partition coefficient (Wildman–Crippen LogP) is 2.67. The quantitative estimate of drug-likeness (QED) is 0.927. The minimum atomic E-state index is 0.123. The molecule has 3 fully saturated rings. The molecule has 0 radical (unpaired) electrons. The van der Waals surface area contributed by atoms with Gasteiger partial charge in [0.15, 0.2) is 0 Å². The number of hydrogen-bond donors (Lipinski definition) is 1. The molecule has 1 aromatic carbocycles. The fraction of sp³-hybridized carbons (Fsp3) is 0.632. The first-order valence-corrected chi connectivity index (χ1v) is 9.45. The minimum absolute atomic E-state index is 0.123. The van der Waals surface area contributed by atoms with Crippen LogP contribution in [-0.4, -0.2) is 56.2 Å². The summed E-state index contributed by atoms with van der Waals surface area (Å²) in [6.45, 7) is 5.84. The Morgan fingerprint density at radius 3 is 1.88 bits per heavy atom. The number of rotatable bonds is 3. The second-order valence-electron chi connectivity index (χ2n) is 7.26. The van der Waals surface area contributed by atoms with Crippen LogP contribution < -0.4 is 15.1 Å². The highest BCUT2D eigenvalue weighted by Crippen LogP contribution is 2.24. The summed E-state index contributed by atoms with van der Waals surface area (Å²) < 4.78 is 0. The number of anilines is 2. The van der Waals surface area contributed by atoms with Gasteiger partial charge in [-0.1, -0.05) is 0 Å². The third-order valence-electron chi connectivity index (χ3n) is 5.41. The predicted molar refractivity (Wildman–Crippen MR) is 97.8 cm³/mol. The van der Waals surface area contributed by atoms with Crippen LogP contribution >= 0.6 is 0 Å². The van der Waals surface area contributed by atoms with Crippen LogP contribution in [0.4, 0.5) is 16.2 Å². The molecule has 0 bridgehead atoms. The number of urea groups is 1. The lowest BCUT2D eigenvalue weighted by atomic mass is 10.1. The number of carbonyl (C=O) groups is 1. The minimum Gasteiger partial charge on any atom is -0.372 e. The van der Waals surface area contributed by atoms with E-state index < -0.39 is 0 Å². The van der Waals surface area contributed by atoms with Gasteiger partial charge in [-0.05, 0) is 56.4 Å². The highest BCUT2D eigenvalue weighted by Gasteiger charge is 2.27. The van der Waals surface area contributed by atoms with E-state index in [1.165, 1.54) is 43.7 Å². The summed E-state index contributed by atoms with van der Waals surface area (Å²) in [4.78, 5) is 18.9. The second-order valence-corrected chi connectivity index (χ2v) is 7.26. The average molecular weight is 328 g/mol. The van der Waals surface area contributed by atoms with Gasteiger partial charge < -0.3 is 20.0 Å². The fourth-order valence-corrected chi connectivity index (χ4v) is 3.69. The summed E-state index contributed by atoms with van der Waals surface area (Å²) in [6, 6.07) is 9.56. The van der Waals surface area contributed by atoms with Crippen molar-refractivity contribution in [2.24, 2.45) is 0 Å². The maximum absolute atomic E-state index is 12.1. The van der Waals surface area contributed by atoms with Crippen LogP contribution in [0, 0.1) is 0 Å². The molecule has 2 aliphatic heterocycles. The van der Waals surface area contributed by atoms with Crippen molar-refractivity contribution in [1.29, 1.82) is 0 Å². The Labute approximate surface area is 144 Å². The third kappa shape index (κ3) is 3.60. The zero-order valence-electron chi connectivity index (χ0n) is 14.4. The summed E-state index contributed by atoms with van der Waals surface area (Å²) in [5.41, 5.74) is 2.62. The first kappa shape index (κ1) is 15.6. The summed E-state index contributed by atoms with van der Waals surface area (Å²) >= 11 is 0. The molecule has 0 spiro atoms. The lowest BCUT2D eigenvalue weighted by molar-refractivity contribution is 0.194. The number of amides is 2.